The second kappa shape index (κ2) is 5.40. The fourth-order valence-corrected chi connectivity index (χ4v) is 2.49. The molecule has 1 aromatic rings. The standard InChI is InChI=1S/C14H21N3O/c1-10-6-11(8-12(15)7-10)14(18)16-9-13-4-3-5-17(13)2/h6-8,13H,3-5,9,15H2,1-2H3,(H,16,18). The van der Waals surface area contributed by atoms with Gasteiger partial charge in [-0.05, 0) is 57.1 Å². The van der Waals surface area contributed by atoms with Crippen molar-refractivity contribution in [2.45, 2.75) is 25.8 Å². The molecule has 1 aliphatic rings. The van der Waals surface area contributed by atoms with Crippen LogP contribution in [0.25, 0.3) is 0 Å². The summed E-state index contributed by atoms with van der Waals surface area (Å²) in [6.45, 7) is 3.78. The number of likely N-dealkylation sites (tertiary alicyclic amines) is 1. The number of rotatable bonds is 3. The molecule has 2 rings (SSSR count). The molecule has 18 heavy (non-hydrogen) atoms. The van der Waals surface area contributed by atoms with Crippen LogP contribution in [-0.4, -0.2) is 37.0 Å². The van der Waals surface area contributed by atoms with Gasteiger partial charge in [0.2, 0.25) is 0 Å². The van der Waals surface area contributed by atoms with Crippen LogP contribution in [0.3, 0.4) is 0 Å². The Balaban J connectivity index is 1.95. The molecule has 1 aromatic carbocycles. The van der Waals surface area contributed by atoms with E-state index in [1.807, 2.05) is 19.1 Å². The van der Waals surface area contributed by atoms with Gasteiger partial charge in [-0.25, -0.2) is 0 Å². The number of amides is 1. The number of carbonyl (C=O) groups is 1. The Morgan fingerprint density at radius 2 is 2.28 bits per heavy atom. The summed E-state index contributed by atoms with van der Waals surface area (Å²) in [6.07, 6.45) is 2.38. The Morgan fingerprint density at radius 1 is 1.50 bits per heavy atom. The van der Waals surface area contributed by atoms with Crippen molar-refractivity contribution < 1.29 is 4.79 Å². The number of nitrogens with two attached hydrogens (primary N) is 1. The maximum Gasteiger partial charge on any atom is 0.251 e. The van der Waals surface area contributed by atoms with E-state index in [1.54, 1.807) is 6.07 Å². The van der Waals surface area contributed by atoms with Crippen LogP contribution in [0.2, 0.25) is 0 Å². The first kappa shape index (κ1) is 12.9. The first-order valence-corrected chi connectivity index (χ1v) is 6.42. The molecule has 0 saturated carbocycles. The van der Waals surface area contributed by atoms with Crippen LogP contribution in [0.4, 0.5) is 5.69 Å². The zero-order chi connectivity index (χ0) is 13.1. The van der Waals surface area contributed by atoms with E-state index in [0.29, 0.717) is 23.8 Å². The van der Waals surface area contributed by atoms with Crippen molar-refractivity contribution in [1.29, 1.82) is 0 Å². The van der Waals surface area contributed by atoms with Crippen molar-refractivity contribution in [2.24, 2.45) is 0 Å². The molecule has 1 amide bonds. The van der Waals surface area contributed by atoms with Crippen LogP contribution in [0.15, 0.2) is 18.2 Å². The van der Waals surface area contributed by atoms with E-state index in [0.717, 1.165) is 18.5 Å². The Kier molecular flexibility index (Phi) is 3.87. The van der Waals surface area contributed by atoms with Gasteiger partial charge in [0.1, 0.15) is 0 Å². The average molecular weight is 247 g/mol. The van der Waals surface area contributed by atoms with Gasteiger partial charge in [-0.15, -0.1) is 0 Å². The molecule has 0 aliphatic carbocycles. The molecule has 98 valence electrons. The van der Waals surface area contributed by atoms with Crippen LogP contribution in [-0.2, 0) is 0 Å². The van der Waals surface area contributed by atoms with E-state index < -0.39 is 0 Å². The lowest BCUT2D eigenvalue weighted by molar-refractivity contribution is 0.0943. The van der Waals surface area contributed by atoms with E-state index in [2.05, 4.69) is 17.3 Å². The van der Waals surface area contributed by atoms with E-state index >= 15 is 0 Å². The fraction of sp³-hybridized carbons (Fsp3) is 0.500. The van der Waals surface area contributed by atoms with Crippen molar-refractivity contribution in [3.63, 3.8) is 0 Å². The van der Waals surface area contributed by atoms with E-state index in [-0.39, 0.29) is 5.91 Å². The highest BCUT2D eigenvalue weighted by atomic mass is 16.1. The Bertz CT molecular complexity index is 424. The summed E-state index contributed by atoms with van der Waals surface area (Å²) < 4.78 is 0. The Hall–Kier alpha value is -1.55. The van der Waals surface area contributed by atoms with E-state index in [9.17, 15) is 4.79 Å². The summed E-state index contributed by atoms with van der Waals surface area (Å²) in [5.41, 5.74) is 8.05. The smallest absolute Gasteiger partial charge is 0.251 e. The topological polar surface area (TPSA) is 58.4 Å². The van der Waals surface area contributed by atoms with E-state index in [1.165, 1.54) is 6.42 Å². The van der Waals surface area contributed by atoms with Gasteiger partial charge >= 0.3 is 0 Å². The number of hydrogen-bond donors (Lipinski definition) is 2. The predicted octanol–water partition coefficient (Wildman–Crippen LogP) is 1.40. The third-order valence-electron chi connectivity index (χ3n) is 3.53. The minimum Gasteiger partial charge on any atom is -0.399 e. The highest BCUT2D eigenvalue weighted by Crippen LogP contribution is 2.14. The summed E-state index contributed by atoms with van der Waals surface area (Å²) in [4.78, 5) is 14.3. The quantitative estimate of drug-likeness (QED) is 0.794. The number of hydrogen-bond acceptors (Lipinski definition) is 3. The summed E-state index contributed by atoms with van der Waals surface area (Å²) in [7, 11) is 2.11. The molecule has 3 N–H and O–H groups in total. The molecule has 4 heteroatoms. The lowest BCUT2D eigenvalue weighted by atomic mass is 10.1. The lowest BCUT2D eigenvalue weighted by Crippen LogP contribution is -2.38. The van der Waals surface area contributed by atoms with E-state index in [4.69, 9.17) is 5.73 Å². The van der Waals surface area contributed by atoms with Gasteiger partial charge in [0.25, 0.3) is 5.91 Å². The highest BCUT2D eigenvalue weighted by Gasteiger charge is 2.21. The number of nitrogens with one attached hydrogen (secondary N) is 1. The maximum absolute atomic E-state index is 12.0. The number of anilines is 1. The summed E-state index contributed by atoms with van der Waals surface area (Å²) in [6, 6.07) is 5.92. The van der Waals surface area contributed by atoms with Gasteiger partial charge in [-0.2, -0.15) is 0 Å². The third-order valence-corrected chi connectivity index (χ3v) is 3.53. The molecule has 4 nitrogen and oxygen atoms in total. The summed E-state index contributed by atoms with van der Waals surface area (Å²) >= 11 is 0. The second-order valence-corrected chi connectivity index (χ2v) is 5.12. The monoisotopic (exact) mass is 247 g/mol. The van der Waals surface area contributed by atoms with Crippen LogP contribution in [0.5, 0.6) is 0 Å². The number of likely N-dealkylation sites (N-methyl/N-ethyl adjacent to an activating group) is 1. The SMILES string of the molecule is Cc1cc(N)cc(C(=O)NCC2CCCN2C)c1. The van der Waals surface area contributed by atoms with Crippen LogP contribution < -0.4 is 11.1 Å². The molecular weight excluding hydrogens is 226 g/mol. The zero-order valence-corrected chi connectivity index (χ0v) is 11.1. The zero-order valence-electron chi connectivity index (χ0n) is 11.1. The van der Waals surface area contributed by atoms with Crippen molar-refractivity contribution in [3.05, 3.63) is 29.3 Å². The summed E-state index contributed by atoms with van der Waals surface area (Å²) in [5, 5.41) is 2.99. The average Bonchev–Trinajstić information content (AvgIpc) is 2.70. The number of benzene rings is 1. The van der Waals surface area contributed by atoms with Crippen LogP contribution in [0, 0.1) is 6.92 Å². The molecule has 0 radical (unpaired) electrons. The van der Waals surface area contributed by atoms with Crippen molar-refractivity contribution >= 4 is 11.6 Å². The third kappa shape index (κ3) is 3.01. The van der Waals surface area contributed by atoms with Crippen LogP contribution >= 0.6 is 0 Å². The molecule has 0 spiro atoms. The van der Waals surface area contributed by atoms with Crippen molar-refractivity contribution in [2.75, 3.05) is 25.9 Å². The maximum atomic E-state index is 12.0. The molecule has 1 heterocycles. The van der Waals surface area contributed by atoms with Crippen molar-refractivity contribution in [3.8, 4) is 0 Å². The largest absolute Gasteiger partial charge is 0.399 e. The molecule has 1 unspecified atom stereocenters. The molecule has 0 bridgehead atoms. The Morgan fingerprint density at radius 3 is 2.89 bits per heavy atom. The summed E-state index contributed by atoms with van der Waals surface area (Å²) in [5.74, 6) is -0.0364. The highest BCUT2D eigenvalue weighted by molar-refractivity contribution is 5.95. The number of nitrogens with zero attached hydrogens (tertiary/aromatic N) is 1. The molecule has 1 aliphatic heterocycles. The number of aryl methyl sites for hydroxylation is 1. The number of nitrogen functional groups attached to an aromatic ring is 1. The minimum absolute atomic E-state index is 0.0364. The minimum atomic E-state index is -0.0364. The molecule has 1 fully saturated rings. The van der Waals surface area contributed by atoms with Gasteiger partial charge < -0.3 is 16.0 Å². The second-order valence-electron chi connectivity index (χ2n) is 5.12. The Labute approximate surface area is 108 Å². The van der Waals surface area contributed by atoms with Gasteiger partial charge in [0.15, 0.2) is 0 Å². The molecule has 1 saturated heterocycles. The first-order valence-electron chi connectivity index (χ1n) is 6.42. The first-order chi connectivity index (χ1) is 8.56. The molecule has 1 atom stereocenters. The fourth-order valence-electron chi connectivity index (χ4n) is 2.49. The van der Waals surface area contributed by atoms with Gasteiger partial charge in [0, 0.05) is 23.8 Å². The lowest BCUT2D eigenvalue weighted by Gasteiger charge is -2.19. The van der Waals surface area contributed by atoms with Crippen molar-refractivity contribution in [1.82, 2.24) is 10.2 Å². The van der Waals surface area contributed by atoms with Gasteiger partial charge in [0.05, 0.1) is 0 Å². The molecular formula is C14H21N3O. The van der Waals surface area contributed by atoms with Gasteiger partial charge in [-0.1, -0.05) is 0 Å². The van der Waals surface area contributed by atoms with Gasteiger partial charge in [-0.3, -0.25) is 4.79 Å². The predicted molar refractivity (Wildman–Crippen MR) is 73.6 cm³/mol. The number of carbonyl (C=O) groups excluding carboxylic acids is 1. The normalized spacial score (nSPS) is 20.0. The molecule has 0 aromatic heterocycles. The van der Waals surface area contributed by atoms with Crippen LogP contribution in [0.1, 0.15) is 28.8 Å².